The maximum Gasteiger partial charge on any atom is 0.350 e. The molecule has 7 nitrogen and oxygen atoms in total. The summed E-state index contributed by atoms with van der Waals surface area (Å²) in [7, 11) is 0. The fourth-order valence-corrected chi connectivity index (χ4v) is 1.95. The SMILES string of the molecule is O=c1n(CCNCc2cccnc2)nc2cnccn12. The molecule has 102 valence electrons. The van der Waals surface area contributed by atoms with Crippen LogP contribution in [0.25, 0.3) is 5.65 Å². The fourth-order valence-electron chi connectivity index (χ4n) is 1.95. The molecular formula is C13H14N6O. The third-order valence-electron chi connectivity index (χ3n) is 2.94. The zero-order chi connectivity index (χ0) is 13.8. The Bertz CT molecular complexity index is 748. The molecule has 20 heavy (non-hydrogen) atoms. The minimum atomic E-state index is -0.148. The van der Waals surface area contributed by atoms with Gasteiger partial charge in [0.05, 0.1) is 12.7 Å². The van der Waals surface area contributed by atoms with E-state index in [9.17, 15) is 4.79 Å². The first-order chi connectivity index (χ1) is 9.84. The second-order valence-electron chi connectivity index (χ2n) is 4.35. The highest BCUT2D eigenvalue weighted by Crippen LogP contribution is 1.94. The second-order valence-corrected chi connectivity index (χ2v) is 4.35. The van der Waals surface area contributed by atoms with Crippen molar-refractivity contribution in [2.75, 3.05) is 6.54 Å². The van der Waals surface area contributed by atoms with Crippen LogP contribution >= 0.6 is 0 Å². The van der Waals surface area contributed by atoms with E-state index in [-0.39, 0.29) is 5.69 Å². The minimum absolute atomic E-state index is 0.148. The van der Waals surface area contributed by atoms with Crippen molar-refractivity contribution < 1.29 is 0 Å². The van der Waals surface area contributed by atoms with Gasteiger partial charge in [-0.1, -0.05) is 6.07 Å². The molecule has 3 aromatic heterocycles. The summed E-state index contributed by atoms with van der Waals surface area (Å²) in [5.74, 6) is 0. The topological polar surface area (TPSA) is 77.1 Å². The van der Waals surface area contributed by atoms with Gasteiger partial charge >= 0.3 is 5.69 Å². The maximum atomic E-state index is 12.0. The zero-order valence-electron chi connectivity index (χ0n) is 10.8. The van der Waals surface area contributed by atoms with E-state index in [1.807, 2.05) is 18.3 Å². The van der Waals surface area contributed by atoms with Gasteiger partial charge in [-0.05, 0) is 11.6 Å². The lowest BCUT2D eigenvalue weighted by molar-refractivity contribution is 0.541. The predicted octanol–water partition coefficient (Wildman–Crippen LogP) is 0.0758. The Morgan fingerprint density at radius 2 is 2.10 bits per heavy atom. The molecule has 0 bridgehead atoms. The number of hydrogen-bond donors (Lipinski definition) is 1. The van der Waals surface area contributed by atoms with Crippen LogP contribution in [-0.4, -0.2) is 30.7 Å². The Labute approximate surface area is 114 Å². The lowest BCUT2D eigenvalue weighted by Crippen LogP contribution is -2.27. The second kappa shape index (κ2) is 5.62. The Morgan fingerprint density at radius 1 is 1.20 bits per heavy atom. The average molecular weight is 270 g/mol. The van der Waals surface area contributed by atoms with Crippen LogP contribution in [0.4, 0.5) is 0 Å². The third kappa shape index (κ3) is 2.57. The molecule has 0 saturated heterocycles. The van der Waals surface area contributed by atoms with Crippen molar-refractivity contribution in [1.29, 1.82) is 0 Å². The van der Waals surface area contributed by atoms with E-state index in [2.05, 4.69) is 20.4 Å². The summed E-state index contributed by atoms with van der Waals surface area (Å²) in [6.45, 7) is 1.89. The van der Waals surface area contributed by atoms with Crippen LogP contribution in [-0.2, 0) is 13.1 Å². The molecule has 0 spiro atoms. The zero-order valence-corrected chi connectivity index (χ0v) is 10.8. The van der Waals surface area contributed by atoms with Gasteiger partial charge in [0, 0.05) is 37.9 Å². The van der Waals surface area contributed by atoms with Crippen molar-refractivity contribution in [1.82, 2.24) is 29.5 Å². The molecule has 3 heterocycles. The van der Waals surface area contributed by atoms with Crippen LogP contribution < -0.4 is 11.0 Å². The van der Waals surface area contributed by atoms with Crippen molar-refractivity contribution >= 4 is 5.65 Å². The highest BCUT2D eigenvalue weighted by atomic mass is 16.2. The summed E-state index contributed by atoms with van der Waals surface area (Å²) in [5.41, 5.74) is 1.52. The van der Waals surface area contributed by atoms with E-state index in [1.165, 1.54) is 9.08 Å². The smallest absolute Gasteiger partial charge is 0.311 e. The summed E-state index contributed by atoms with van der Waals surface area (Å²) < 4.78 is 2.92. The van der Waals surface area contributed by atoms with Gasteiger partial charge in [0.15, 0.2) is 5.65 Å². The molecule has 0 aliphatic carbocycles. The maximum absolute atomic E-state index is 12.0. The summed E-state index contributed by atoms with van der Waals surface area (Å²) in [6.07, 6.45) is 8.32. The van der Waals surface area contributed by atoms with Gasteiger partial charge in [-0.15, -0.1) is 5.10 Å². The van der Waals surface area contributed by atoms with Gasteiger partial charge in [0.1, 0.15) is 0 Å². The number of aromatic nitrogens is 5. The van der Waals surface area contributed by atoms with Crippen LogP contribution in [0, 0.1) is 0 Å². The molecular weight excluding hydrogens is 256 g/mol. The summed E-state index contributed by atoms with van der Waals surface area (Å²) >= 11 is 0. The molecule has 0 saturated carbocycles. The highest BCUT2D eigenvalue weighted by molar-refractivity contribution is 5.31. The standard InChI is InChI=1S/C13H14N6O/c20-13-18-6-4-16-10-12(18)17-19(13)7-5-15-9-11-2-1-3-14-8-11/h1-4,6,8,10,15H,5,7,9H2. The van der Waals surface area contributed by atoms with Crippen LogP contribution in [0.1, 0.15) is 5.56 Å². The Morgan fingerprint density at radius 3 is 2.90 bits per heavy atom. The predicted molar refractivity (Wildman–Crippen MR) is 73.2 cm³/mol. The first kappa shape index (κ1) is 12.5. The molecule has 1 N–H and O–H groups in total. The minimum Gasteiger partial charge on any atom is -0.311 e. The largest absolute Gasteiger partial charge is 0.350 e. The van der Waals surface area contributed by atoms with Crippen LogP contribution in [0.3, 0.4) is 0 Å². The van der Waals surface area contributed by atoms with Gasteiger partial charge in [0.2, 0.25) is 0 Å². The number of nitrogens with zero attached hydrogens (tertiary/aromatic N) is 5. The quantitative estimate of drug-likeness (QED) is 0.664. The molecule has 0 atom stereocenters. The summed E-state index contributed by atoms with van der Waals surface area (Å²) in [6, 6.07) is 3.90. The monoisotopic (exact) mass is 270 g/mol. The van der Waals surface area contributed by atoms with Crippen molar-refractivity contribution in [2.45, 2.75) is 13.1 Å². The normalized spacial score (nSPS) is 11.0. The van der Waals surface area contributed by atoms with Crippen LogP contribution in [0.2, 0.25) is 0 Å². The Kier molecular flexibility index (Phi) is 3.51. The fraction of sp³-hybridized carbons (Fsp3) is 0.231. The van der Waals surface area contributed by atoms with Gasteiger partial charge in [-0.25, -0.2) is 13.9 Å². The average Bonchev–Trinajstić information content (AvgIpc) is 2.82. The number of fused-ring (bicyclic) bond motifs is 1. The van der Waals surface area contributed by atoms with Crippen molar-refractivity contribution in [2.24, 2.45) is 0 Å². The highest BCUT2D eigenvalue weighted by Gasteiger charge is 2.05. The van der Waals surface area contributed by atoms with E-state index in [0.717, 1.165) is 12.1 Å². The molecule has 0 aliphatic rings. The number of rotatable bonds is 5. The number of nitrogens with one attached hydrogen (secondary N) is 1. The molecule has 3 aromatic rings. The van der Waals surface area contributed by atoms with E-state index in [0.29, 0.717) is 18.7 Å². The molecule has 0 fully saturated rings. The molecule has 3 rings (SSSR count). The summed E-state index contributed by atoms with van der Waals surface area (Å²) in [5, 5.41) is 7.47. The number of hydrogen-bond acceptors (Lipinski definition) is 5. The number of pyridine rings is 1. The molecule has 7 heteroatoms. The van der Waals surface area contributed by atoms with E-state index in [4.69, 9.17) is 0 Å². The first-order valence-corrected chi connectivity index (χ1v) is 6.33. The Hall–Kier alpha value is -2.54. The lowest BCUT2D eigenvalue weighted by Gasteiger charge is -2.03. The van der Waals surface area contributed by atoms with Gasteiger partial charge in [0.25, 0.3) is 0 Å². The lowest BCUT2D eigenvalue weighted by atomic mass is 10.3. The van der Waals surface area contributed by atoms with Crippen LogP contribution in [0.5, 0.6) is 0 Å². The third-order valence-corrected chi connectivity index (χ3v) is 2.94. The van der Waals surface area contributed by atoms with Crippen LogP contribution in [0.15, 0.2) is 47.9 Å². The first-order valence-electron chi connectivity index (χ1n) is 6.33. The van der Waals surface area contributed by atoms with E-state index >= 15 is 0 Å². The van der Waals surface area contributed by atoms with Gasteiger partial charge in [-0.2, -0.15) is 0 Å². The van der Waals surface area contributed by atoms with Crippen molar-refractivity contribution in [3.05, 3.63) is 59.2 Å². The van der Waals surface area contributed by atoms with Crippen molar-refractivity contribution in [3.63, 3.8) is 0 Å². The van der Waals surface area contributed by atoms with E-state index < -0.39 is 0 Å². The molecule has 0 amide bonds. The Balaban J connectivity index is 1.60. The van der Waals surface area contributed by atoms with Gasteiger partial charge < -0.3 is 5.32 Å². The van der Waals surface area contributed by atoms with Crippen molar-refractivity contribution in [3.8, 4) is 0 Å². The molecule has 0 aromatic carbocycles. The molecule has 0 unspecified atom stereocenters. The summed E-state index contributed by atoms with van der Waals surface area (Å²) in [4.78, 5) is 20.0. The molecule has 0 radical (unpaired) electrons. The van der Waals surface area contributed by atoms with Gasteiger partial charge in [-0.3, -0.25) is 9.97 Å². The molecule has 0 aliphatic heterocycles. The van der Waals surface area contributed by atoms with E-state index in [1.54, 1.807) is 24.8 Å².